The van der Waals surface area contributed by atoms with Crippen molar-refractivity contribution in [2.45, 2.75) is 9.79 Å². The van der Waals surface area contributed by atoms with Crippen LogP contribution >= 0.6 is 48.0 Å². The quantitative estimate of drug-likeness (QED) is 0.144. The van der Waals surface area contributed by atoms with E-state index in [0.29, 0.717) is 0 Å². The summed E-state index contributed by atoms with van der Waals surface area (Å²) < 4.78 is 4.66. The van der Waals surface area contributed by atoms with Gasteiger partial charge in [-0.05, 0) is 0 Å². The summed E-state index contributed by atoms with van der Waals surface area (Å²) in [6.07, 6.45) is 0. The molecule has 0 nitrogen and oxygen atoms in total. The Bertz CT molecular complexity index is 1050. The zero-order valence-corrected chi connectivity index (χ0v) is 22.8. The summed E-state index contributed by atoms with van der Waals surface area (Å²) in [5, 5.41) is 0. The van der Waals surface area contributed by atoms with E-state index in [1.165, 1.54) is 7.16 Å². The van der Waals surface area contributed by atoms with Crippen LogP contribution < -0.4 is 7.16 Å². The second-order valence-corrected chi connectivity index (χ2v) is 25.0. The van der Waals surface area contributed by atoms with E-state index in [2.05, 4.69) is 109 Å². The Balaban J connectivity index is 1.88. The predicted molar refractivity (Wildman–Crippen MR) is 148 cm³/mol. The molecule has 0 saturated heterocycles. The average molecular weight is 579 g/mol. The van der Waals surface area contributed by atoms with Crippen molar-refractivity contribution in [1.82, 2.24) is 0 Å². The zero-order chi connectivity index (χ0) is 21.5. The van der Waals surface area contributed by atoms with Crippen molar-refractivity contribution >= 4 is 77.9 Å². The topological polar surface area (TPSA) is 0 Å². The average Bonchev–Trinajstić information content (AvgIpc) is 2.82. The third-order valence-electron chi connectivity index (χ3n) is 4.93. The molecule has 0 amide bonds. The Labute approximate surface area is 207 Å². The second-order valence-electron chi connectivity index (χ2n) is 6.89. The van der Waals surface area contributed by atoms with Gasteiger partial charge in [0, 0.05) is 0 Å². The van der Waals surface area contributed by atoms with Gasteiger partial charge in [0.15, 0.2) is 0 Å². The van der Waals surface area contributed by atoms with Gasteiger partial charge in [-0.25, -0.2) is 0 Å². The molecule has 31 heavy (non-hydrogen) atoms. The van der Waals surface area contributed by atoms with Crippen molar-refractivity contribution in [2.75, 3.05) is 0 Å². The van der Waals surface area contributed by atoms with Crippen molar-refractivity contribution < 1.29 is 0 Å². The maximum absolute atomic E-state index is 6.28. The van der Waals surface area contributed by atoms with Crippen LogP contribution in [0.5, 0.6) is 0 Å². The Morgan fingerprint density at radius 3 is 1.06 bits per heavy atom. The van der Waals surface area contributed by atoms with Gasteiger partial charge >= 0.3 is 209 Å². The fraction of sp³-hybridized carbons (Fsp3) is 0. The van der Waals surface area contributed by atoms with Crippen LogP contribution in [0.3, 0.4) is 0 Å². The maximum atomic E-state index is 6.28. The molecule has 0 N–H and O–H groups in total. The monoisotopic (exact) mass is 580 g/mol. The molecule has 0 bridgehead atoms. The van der Waals surface area contributed by atoms with E-state index in [-0.39, 0.29) is 0 Å². The molecule has 4 aromatic carbocycles. The Kier molecular flexibility index (Phi) is 8.01. The molecule has 4 rings (SSSR count). The Hall–Kier alpha value is -1.44. The number of rotatable bonds is 6. The number of hydrogen-bond donors (Lipinski definition) is 0. The van der Waals surface area contributed by atoms with E-state index >= 15 is 0 Å². The van der Waals surface area contributed by atoms with Crippen LogP contribution in [0.15, 0.2) is 131 Å². The van der Waals surface area contributed by atoms with Gasteiger partial charge in [0.1, 0.15) is 0 Å². The first kappa shape index (κ1) is 22.7. The van der Waals surface area contributed by atoms with Gasteiger partial charge < -0.3 is 0 Å². The summed E-state index contributed by atoms with van der Waals surface area (Å²) in [6, 6.07) is 42.2. The van der Waals surface area contributed by atoms with Crippen molar-refractivity contribution in [1.29, 1.82) is 0 Å². The number of thioether (sulfide) groups is 2. The summed E-state index contributed by atoms with van der Waals surface area (Å²) in [6.45, 7) is 0. The second kappa shape index (κ2) is 10.9. The van der Waals surface area contributed by atoms with Crippen LogP contribution in [0.1, 0.15) is 0 Å². The summed E-state index contributed by atoms with van der Waals surface area (Å²) in [5.74, 6) is 0. The molecular weight excluding hydrogens is 559 g/mol. The molecule has 0 aliphatic rings. The van der Waals surface area contributed by atoms with Gasteiger partial charge in [-0.3, -0.25) is 0 Å². The van der Waals surface area contributed by atoms with Crippen molar-refractivity contribution in [3.05, 3.63) is 121 Å². The molecule has 0 heterocycles. The number of thiocarbonyl (C=S) groups is 2. The minimum absolute atomic E-state index is 1.03. The first-order chi connectivity index (χ1) is 15.2. The molecular formula is C26H20S4Sn. The van der Waals surface area contributed by atoms with Crippen LogP contribution in [0.2, 0.25) is 0 Å². The third kappa shape index (κ3) is 5.15. The number of benzene rings is 4. The zero-order valence-electron chi connectivity index (χ0n) is 16.7. The fourth-order valence-electron chi connectivity index (χ4n) is 3.44. The van der Waals surface area contributed by atoms with Crippen LogP contribution in [-0.2, 0) is 0 Å². The molecule has 0 radical (unpaired) electrons. The fourth-order valence-corrected chi connectivity index (χ4v) is 28.8. The molecule has 0 spiro atoms. The molecule has 0 aliphatic heterocycles. The summed E-state index contributed by atoms with van der Waals surface area (Å²) in [5.41, 5.74) is 0. The molecule has 4 aromatic rings. The molecule has 152 valence electrons. The Morgan fingerprint density at radius 1 is 0.452 bits per heavy atom. The van der Waals surface area contributed by atoms with E-state index in [1.54, 1.807) is 23.5 Å². The SMILES string of the molecule is S=[C](Sc1ccccc1)[Sn]([C](=S)Sc1ccccc1)([c]1ccccc1)[c]1ccccc1. The van der Waals surface area contributed by atoms with Crippen LogP contribution in [0.25, 0.3) is 0 Å². The van der Waals surface area contributed by atoms with E-state index in [4.69, 9.17) is 24.4 Å². The van der Waals surface area contributed by atoms with Crippen molar-refractivity contribution in [3.8, 4) is 0 Å². The minimum atomic E-state index is -3.77. The molecule has 0 atom stereocenters. The first-order valence-corrected chi connectivity index (χ1v) is 18.0. The molecule has 0 saturated carbocycles. The standard InChI is InChI=1S/2C7H5S2.2C6H5.Sn/c2*8-6-9-7-4-2-1-3-5-7;2*1-2-4-6-5-3-1;/h2*1-5H;2*1-5H;. The van der Waals surface area contributed by atoms with Gasteiger partial charge in [-0.1, -0.05) is 0 Å². The van der Waals surface area contributed by atoms with Gasteiger partial charge in [0.2, 0.25) is 0 Å². The van der Waals surface area contributed by atoms with Gasteiger partial charge in [0.25, 0.3) is 0 Å². The van der Waals surface area contributed by atoms with E-state index in [9.17, 15) is 0 Å². The first-order valence-electron chi connectivity index (χ1n) is 9.87. The van der Waals surface area contributed by atoms with Gasteiger partial charge in [0.05, 0.1) is 0 Å². The van der Waals surface area contributed by atoms with Gasteiger partial charge in [-0.15, -0.1) is 0 Å². The van der Waals surface area contributed by atoms with Crippen molar-refractivity contribution in [2.24, 2.45) is 0 Å². The molecule has 0 aliphatic carbocycles. The van der Waals surface area contributed by atoms with Gasteiger partial charge in [-0.2, -0.15) is 0 Å². The molecule has 0 unspecified atom stereocenters. The number of hydrogen-bond acceptors (Lipinski definition) is 4. The Morgan fingerprint density at radius 2 is 0.742 bits per heavy atom. The molecule has 0 fully saturated rings. The van der Waals surface area contributed by atoms with Crippen LogP contribution in [-0.4, -0.2) is 22.8 Å². The van der Waals surface area contributed by atoms with Crippen LogP contribution in [0.4, 0.5) is 0 Å². The van der Waals surface area contributed by atoms with Crippen molar-refractivity contribution in [3.63, 3.8) is 0 Å². The van der Waals surface area contributed by atoms with E-state index in [1.807, 2.05) is 12.1 Å². The van der Waals surface area contributed by atoms with E-state index in [0.717, 1.165) is 14.2 Å². The predicted octanol–water partition coefficient (Wildman–Crippen LogP) is 6.57. The third-order valence-corrected chi connectivity index (χ3v) is 27.1. The van der Waals surface area contributed by atoms with Crippen LogP contribution in [0, 0.1) is 0 Å². The summed E-state index contributed by atoms with van der Waals surface area (Å²) >= 11 is 12.2. The summed E-state index contributed by atoms with van der Waals surface area (Å²) in [7, 11) is 0. The molecule has 0 aromatic heterocycles. The van der Waals surface area contributed by atoms with E-state index < -0.39 is 18.4 Å². The normalized spacial score (nSPS) is 11.1. The summed E-state index contributed by atoms with van der Waals surface area (Å²) in [4.78, 5) is 2.32. The molecule has 5 heteroatoms.